The Bertz CT molecular complexity index is 1670. The van der Waals surface area contributed by atoms with Crippen LogP contribution in [0.3, 0.4) is 0 Å². The molecule has 9 nitrogen and oxygen atoms in total. The Balaban J connectivity index is 1.29. The molecule has 5 aromatic rings. The topological polar surface area (TPSA) is 95.0 Å². The molecule has 0 spiro atoms. The fourth-order valence-electron chi connectivity index (χ4n) is 4.98. The molecule has 6 rings (SSSR count). The van der Waals surface area contributed by atoms with Gasteiger partial charge in [0.15, 0.2) is 0 Å². The van der Waals surface area contributed by atoms with Gasteiger partial charge in [-0.1, -0.05) is 23.7 Å². The molecule has 0 radical (unpaired) electrons. The van der Waals surface area contributed by atoms with Crippen molar-refractivity contribution in [3.63, 3.8) is 0 Å². The van der Waals surface area contributed by atoms with Gasteiger partial charge in [0, 0.05) is 83.6 Å². The number of hydrogen-bond acceptors (Lipinski definition) is 7. The molecule has 0 amide bonds. The third kappa shape index (κ3) is 4.98. The van der Waals surface area contributed by atoms with Gasteiger partial charge in [0.2, 0.25) is 5.95 Å². The highest BCUT2D eigenvalue weighted by Gasteiger charge is 2.17. The van der Waals surface area contributed by atoms with Gasteiger partial charge in [0.25, 0.3) is 5.56 Å². The van der Waals surface area contributed by atoms with Crippen LogP contribution >= 0.6 is 11.6 Å². The molecule has 2 aromatic carbocycles. The highest BCUT2D eigenvalue weighted by atomic mass is 35.5. The largest absolute Gasteiger partial charge is 0.369 e. The van der Waals surface area contributed by atoms with Gasteiger partial charge in [-0.2, -0.15) is 10.1 Å². The molecule has 1 aliphatic rings. The zero-order chi connectivity index (χ0) is 26.9. The number of piperazine rings is 1. The van der Waals surface area contributed by atoms with Gasteiger partial charge in [-0.05, 0) is 55.9 Å². The molecule has 39 heavy (non-hydrogen) atoms. The Hall–Kier alpha value is -4.21. The summed E-state index contributed by atoms with van der Waals surface area (Å²) in [4.78, 5) is 27.5. The van der Waals surface area contributed by atoms with E-state index in [0.29, 0.717) is 34.3 Å². The highest BCUT2D eigenvalue weighted by molar-refractivity contribution is 6.33. The first-order valence-corrected chi connectivity index (χ1v) is 13.4. The molecule has 10 heteroatoms. The van der Waals surface area contributed by atoms with Crippen LogP contribution in [0.15, 0.2) is 71.9 Å². The average molecular weight is 541 g/mol. The second kappa shape index (κ2) is 10.5. The molecule has 0 saturated carbocycles. The summed E-state index contributed by atoms with van der Waals surface area (Å²) in [5.41, 5.74) is 5.54. The van der Waals surface area contributed by atoms with E-state index < -0.39 is 0 Å². The van der Waals surface area contributed by atoms with Crippen LogP contribution in [0.4, 0.5) is 17.3 Å². The number of nitrogens with one attached hydrogen (secondary N) is 2. The minimum atomic E-state index is -0.149. The van der Waals surface area contributed by atoms with E-state index in [0.717, 1.165) is 48.4 Å². The van der Waals surface area contributed by atoms with Crippen LogP contribution in [0.25, 0.3) is 33.3 Å². The second-order valence-corrected chi connectivity index (χ2v) is 10.1. The summed E-state index contributed by atoms with van der Waals surface area (Å²) in [7, 11) is 2.16. The second-order valence-electron chi connectivity index (χ2n) is 9.72. The van der Waals surface area contributed by atoms with Gasteiger partial charge < -0.3 is 15.1 Å². The molecular formula is C29H29ClN8O. The molecule has 198 valence electrons. The van der Waals surface area contributed by atoms with Crippen molar-refractivity contribution in [2.45, 2.75) is 13.5 Å². The molecular weight excluding hydrogens is 512 g/mol. The number of fused-ring (bicyclic) bond motifs is 1. The molecule has 1 saturated heterocycles. The summed E-state index contributed by atoms with van der Waals surface area (Å²) in [5.74, 6) is 0.437. The lowest BCUT2D eigenvalue weighted by Gasteiger charge is -2.34. The number of pyridine rings is 1. The van der Waals surface area contributed by atoms with E-state index in [1.165, 1.54) is 5.69 Å². The standard InChI is InChI=1S/C29H29ClN8O/c1-3-38-27-20(14-25(28(38)39)24-9-4-19(15-26(24)30)21-17-32-33-18-21)16-31-29(35-27)34-22-5-7-23(8-6-22)37-12-10-36(2)11-13-37/h4-9,14-18H,3,10-13H2,1-2H3,(H,32,33)(H,31,34,35). The van der Waals surface area contributed by atoms with Gasteiger partial charge in [0.05, 0.1) is 6.20 Å². The van der Waals surface area contributed by atoms with Crippen molar-refractivity contribution in [3.8, 4) is 22.3 Å². The molecule has 3 aromatic heterocycles. The number of rotatable bonds is 6. The van der Waals surface area contributed by atoms with E-state index in [-0.39, 0.29) is 5.56 Å². The molecule has 0 atom stereocenters. The smallest absolute Gasteiger partial charge is 0.260 e. The number of H-pyrrole nitrogens is 1. The van der Waals surface area contributed by atoms with Crippen molar-refractivity contribution in [2.75, 3.05) is 43.4 Å². The van der Waals surface area contributed by atoms with Gasteiger partial charge in [0.1, 0.15) is 5.65 Å². The van der Waals surface area contributed by atoms with Gasteiger partial charge >= 0.3 is 0 Å². The minimum absolute atomic E-state index is 0.149. The Morgan fingerprint density at radius 2 is 1.77 bits per heavy atom. The third-order valence-electron chi connectivity index (χ3n) is 7.23. The lowest BCUT2D eigenvalue weighted by molar-refractivity contribution is 0.313. The van der Waals surface area contributed by atoms with E-state index in [1.807, 2.05) is 43.3 Å². The summed E-state index contributed by atoms with van der Waals surface area (Å²) < 4.78 is 1.66. The number of aryl methyl sites for hydroxylation is 1. The number of halogens is 1. The molecule has 4 heterocycles. The summed E-state index contributed by atoms with van der Waals surface area (Å²) in [6.45, 7) is 6.56. The van der Waals surface area contributed by atoms with Gasteiger partial charge in [-0.25, -0.2) is 4.98 Å². The molecule has 0 unspecified atom stereocenters. The van der Waals surface area contributed by atoms with Crippen LogP contribution in [0.5, 0.6) is 0 Å². The summed E-state index contributed by atoms with van der Waals surface area (Å²) >= 11 is 6.66. The number of anilines is 3. The Morgan fingerprint density at radius 1 is 0.974 bits per heavy atom. The van der Waals surface area contributed by atoms with Gasteiger partial charge in [-0.15, -0.1) is 0 Å². The SMILES string of the molecule is CCn1c(=O)c(-c2ccc(-c3cn[nH]c3)cc2Cl)cc2cnc(Nc3ccc(N4CCN(C)CC4)cc3)nc21. The van der Waals surface area contributed by atoms with Crippen LogP contribution < -0.4 is 15.8 Å². The maximum atomic E-state index is 13.6. The number of nitrogens with zero attached hydrogens (tertiary/aromatic N) is 6. The number of likely N-dealkylation sites (N-methyl/N-ethyl adjacent to an activating group) is 1. The maximum Gasteiger partial charge on any atom is 0.260 e. The lowest BCUT2D eigenvalue weighted by Crippen LogP contribution is -2.44. The Kier molecular flexibility index (Phi) is 6.76. The predicted molar refractivity (Wildman–Crippen MR) is 157 cm³/mol. The van der Waals surface area contributed by atoms with Gasteiger partial charge in [-0.3, -0.25) is 14.5 Å². The number of benzene rings is 2. The molecule has 0 bridgehead atoms. The molecule has 1 aliphatic heterocycles. The van der Waals surface area contributed by atoms with Crippen LogP contribution in [0.1, 0.15) is 6.92 Å². The van der Waals surface area contributed by atoms with Crippen molar-refractivity contribution < 1.29 is 0 Å². The van der Waals surface area contributed by atoms with Crippen molar-refractivity contribution in [2.24, 2.45) is 0 Å². The maximum absolute atomic E-state index is 13.6. The van der Waals surface area contributed by atoms with Crippen molar-refractivity contribution in [1.29, 1.82) is 0 Å². The fourth-order valence-corrected chi connectivity index (χ4v) is 5.26. The van der Waals surface area contributed by atoms with Crippen molar-refractivity contribution in [1.82, 2.24) is 29.6 Å². The van der Waals surface area contributed by atoms with Crippen LogP contribution in [0.2, 0.25) is 5.02 Å². The highest BCUT2D eigenvalue weighted by Crippen LogP contribution is 2.32. The van der Waals surface area contributed by atoms with Crippen LogP contribution in [-0.2, 0) is 6.54 Å². The quantitative estimate of drug-likeness (QED) is 0.312. The number of aromatic amines is 1. The summed E-state index contributed by atoms with van der Waals surface area (Å²) in [6, 6.07) is 15.8. The summed E-state index contributed by atoms with van der Waals surface area (Å²) in [5, 5.41) is 11.3. The number of aromatic nitrogens is 5. The van der Waals surface area contributed by atoms with Crippen molar-refractivity contribution >= 4 is 40.0 Å². The zero-order valence-corrected chi connectivity index (χ0v) is 22.6. The van der Waals surface area contributed by atoms with E-state index >= 15 is 0 Å². The monoisotopic (exact) mass is 540 g/mol. The Labute approximate surface area is 231 Å². The first-order chi connectivity index (χ1) is 19.0. The average Bonchev–Trinajstić information content (AvgIpc) is 3.49. The fraction of sp³-hybridized carbons (Fsp3) is 0.241. The Morgan fingerprint density at radius 3 is 2.46 bits per heavy atom. The van der Waals surface area contributed by atoms with E-state index in [4.69, 9.17) is 16.6 Å². The normalized spacial score (nSPS) is 14.2. The van der Waals surface area contributed by atoms with Crippen LogP contribution in [-0.4, -0.2) is 62.9 Å². The first-order valence-electron chi connectivity index (χ1n) is 13.0. The zero-order valence-electron chi connectivity index (χ0n) is 21.9. The van der Waals surface area contributed by atoms with E-state index in [1.54, 1.807) is 23.2 Å². The lowest BCUT2D eigenvalue weighted by atomic mass is 10.0. The van der Waals surface area contributed by atoms with E-state index in [2.05, 4.69) is 49.5 Å². The minimum Gasteiger partial charge on any atom is -0.369 e. The van der Waals surface area contributed by atoms with Crippen LogP contribution in [0, 0.1) is 0 Å². The third-order valence-corrected chi connectivity index (χ3v) is 7.54. The van der Waals surface area contributed by atoms with E-state index in [9.17, 15) is 4.79 Å². The molecule has 2 N–H and O–H groups in total. The number of hydrogen-bond donors (Lipinski definition) is 2. The van der Waals surface area contributed by atoms with Crippen molar-refractivity contribution in [3.05, 3.63) is 82.5 Å². The first kappa shape index (κ1) is 25.1. The molecule has 0 aliphatic carbocycles. The summed E-state index contributed by atoms with van der Waals surface area (Å²) in [6.07, 6.45) is 5.28. The predicted octanol–water partition coefficient (Wildman–Crippen LogP) is 5.02. The molecule has 1 fully saturated rings.